The number of aromatic nitrogens is 3. The van der Waals surface area contributed by atoms with Gasteiger partial charge in [0, 0.05) is 13.0 Å². The first kappa shape index (κ1) is 33.8. The Morgan fingerprint density at radius 1 is 1.09 bits per heavy atom. The fourth-order valence-electron chi connectivity index (χ4n) is 5.39. The standard InChI is InChI=1S/C33H35N5O4S5/c1-41-25-18-21(15-16-24(25)42-22-10-4-2-5-11-22)19-27-30(40)38(33(43)46-27)17-9-3-6-14-28(39)35-31-37-36-29(47-31)20-44-32-34-23-12-7-8-13-26(23)45-32/h7-8,12-13,15-16,18-19,22H,2-6,9-11,14,17,20H2,1H3,(H,35,37,39)/b27-19-. The largest absolute Gasteiger partial charge is 0.493 e. The second-order valence-corrected chi connectivity index (χ2v) is 16.2. The summed E-state index contributed by atoms with van der Waals surface area (Å²) in [6.45, 7) is 0.521. The SMILES string of the molecule is COc1cc(/C=C2\SC(=S)N(CCCCCC(=O)Nc3nnc(CSc4nc5ccccc5s4)s3)C2=O)ccc1OC1CCCCC1. The molecule has 2 aromatic carbocycles. The number of hydrogen-bond donors (Lipinski definition) is 1. The highest BCUT2D eigenvalue weighted by molar-refractivity contribution is 8.26. The fourth-order valence-corrected chi connectivity index (χ4v) is 9.51. The number of thiocarbonyl (C=S) groups is 1. The summed E-state index contributed by atoms with van der Waals surface area (Å²) in [7, 11) is 1.63. The maximum absolute atomic E-state index is 13.2. The van der Waals surface area contributed by atoms with Gasteiger partial charge in [0.05, 0.1) is 34.1 Å². The molecule has 0 radical (unpaired) electrons. The maximum atomic E-state index is 13.2. The van der Waals surface area contributed by atoms with Gasteiger partial charge in [0.25, 0.3) is 5.91 Å². The summed E-state index contributed by atoms with van der Waals surface area (Å²) in [6, 6.07) is 13.8. The quantitative estimate of drug-likeness (QED) is 0.0588. The number of fused-ring (bicyclic) bond motifs is 1. The highest BCUT2D eigenvalue weighted by Crippen LogP contribution is 2.36. The number of thiazole rings is 1. The normalized spacial score (nSPS) is 16.4. The molecular formula is C33H35N5O4S5. The van der Waals surface area contributed by atoms with E-state index in [1.807, 2.05) is 42.5 Å². The van der Waals surface area contributed by atoms with E-state index >= 15 is 0 Å². The van der Waals surface area contributed by atoms with E-state index in [2.05, 4.69) is 26.6 Å². The van der Waals surface area contributed by atoms with Gasteiger partial charge in [-0.1, -0.05) is 78.1 Å². The molecule has 0 spiro atoms. The Morgan fingerprint density at radius 3 is 2.77 bits per heavy atom. The van der Waals surface area contributed by atoms with Crippen LogP contribution in [0, 0.1) is 0 Å². The van der Waals surface area contributed by atoms with Crippen LogP contribution in [-0.4, -0.2) is 56.0 Å². The van der Waals surface area contributed by atoms with Crippen molar-refractivity contribution in [2.75, 3.05) is 19.0 Å². The number of ether oxygens (including phenoxy) is 2. The zero-order valence-electron chi connectivity index (χ0n) is 25.9. The van der Waals surface area contributed by atoms with Crippen LogP contribution in [0.2, 0.25) is 0 Å². The van der Waals surface area contributed by atoms with Crippen molar-refractivity contribution in [3.63, 3.8) is 0 Å². The van der Waals surface area contributed by atoms with Crippen molar-refractivity contribution in [2.24, 2.45) is 0 Å². The molecule has 14 heteroatoms. The van der Waals surface area contributed by atoms with Gasteiger partial charge in [0.2, 0.25) is 11.0 Å². The molecule has 2 amide bonds. The van der Waals surface area contributed by atoms with Gasteiger partial charge in [-0.15, -0.1) is 21.5 Å². The predicted molar refractivity (Wildman–Crippen MR) is 197 cm³/mol. The van der Waals surface area contributed by atoms with E-state index in [1.54, 1.807) is 35.1 Å². The topological polar surface area (TPSA) is 107 Å². The van der Waals surface area contributed by atoms with Crippen molar-refractivity contribution in [1.29, 1.82) is 0 Å². The average molecular weight is 726 g/mol. The average Bonchev–Trinajstić information content (AvgIpc) is 3.78. The lowest BCUT2D eigenvalue weighted by atomic mass is 9.98. The van der Waals surface area contributed by atoms with E-state index in [1.165, 1.54) is 42.4 Å². The minimum atomic E-state index is -0.0920. The molecular weight excluding hydrogens is 691 g/mol. The number of anilines is 1. The Bertz CT molecular complexity index is 1730. The smallest absolute Gasteiger partial charge is 0.266 e. The van der Waals surface area contributed by atoms with Crippen LogP contribution in [0.5, 0.6) is 11.5 Å². The monoisotopic (exact) mass is 725 g/mol. The number of benzene rings is 2. The number of carbonyl (C=O) groups is 2. The second kappa shape index (κ2) is 16.4. The van der Waals surface area contributed by atoms with Crippen LogP contribution in [0.4, 0.5) is 5.13 Å². The van der Waals surface area contributed by atoms with Crippen molar-refractivity contribution in [1.82, 2.24) is 20.1 Å². The number of nitrogens with one attached hydrogen (secondary N) is 1. The lowest BCUT2D eigenvalue weighted by Gasteiger charge is -2.24. The first-order chi connectivity index (χ1) is 22.9. The summed E-state index contributed by atoms with van der Waals surface area (Å²) < 4.78 is 14.5. The van der Waals surface area contributed by atoms with Gasteiger partial charge in [0.15, 0.2) is 15.8 Å². The zero-order valence-corrected chi connectivity index (χ0v) is 30.0. The van der Waals surface area contributed by atoms with Crippen molar-refractivity contribution < 1.29 is 19.1 Å². The van der Waals surface area contributed by atoms with E-state index in [0.717, 1.165) is 56.6 Å². The molecule has 0 atom stereocenters. The van der Waals surface area contributed by atoms with Crippen LogP contribution in [0.25, 0.3) is 16.3 Å². The number of rotatable bonds is 14. The summed E-state index contributed by atoms with van der Waals surface area (Å²) in [5, 5.41) is 12.5. The van der Waals surface area contributed by atoms with Crippen molar-refractivity contribution in [2.45, 2.75) is 74.0 Å². The zero-order chi connectivity index (χ0) is 32.6. The molecule has 1 N–H and O–H groups in total. The van der Waals surface area contributed by atoms with Gasteiger partial charge < -0.3 is 14.8 Å². The molecule has 1 aliphatic heterocycles. The molecule has 2 aliphatic rings. The van der Waals surface area contributed by atoms with Gasteiger partial charge in [-0.3, -0.25) is 14.5 Å². The molecule has 1 saturated carbocycles. The lowest BCUT2D eigenvalue weighted by Crippen LogP contribution is -2.29. The van der Waals surface area contributed by atoms with Gasteiger partial charge >= 0.3 is 0 Å². The Morgan fingerprint density at radius 2 is 1.94 bits per heavy atom. The number of nitrogens with zero attached hydrogens (tertiary/aromatic N) is 4. The summed E-state index contributed by atoms with van der Waals surface area (Å²) >= 11 is 11.5. The van der Waals surface area contributed by atoms with Crippen LogP contribution < -0.4 is 14.8 Å². The first-order valence-electron chi connectivity index (χ1n) is 15.7. The van der Waals surface area contributed by atoms with Gasteiger partial charge in [-0.05, 0) is 74.4 Å². The number of unbranched alkanes of at least 4 members (excludes halogenated alkanes) is 2. The number of methoxy groups -OCH3 is 1. The lowest BCUT2D eigenvalue weighted by molar-refractivity contribution is -0.122. The first-order valence-corrected chi connectivity index (χ1v) is 19.5. The van der Waals surface area contributed by atoms with Crippen LogP contribution >= 0.6 is 58.4 Å². The van der Waals surface area contributed by atoms with E-state index in [0.29, 0.717) is 45.2 Å². The summed E-state index contributed by atoms with van der Waals surface area (Å²) in [4.78, 5) is 32.5. The second-order valence-electron chi connectivity index (χ2n) is 11.2. The molecule has 1 aliphatic carbocycles. The Labute approximate surface area is 295 Å². The fraction of sp³-hybridized carbons (Fsp3) is 0.394. The minimum Gasteiger partial charge on any atom is -0.493 e. The summed E-state index contributed by atoms with van der Waals surface area (Å²) in [5.74, 6) is 1.87. The van der Waals surface area contributed by atoms with Crippen LogP contribution in [0.3, 0.4) is 0 Å². The van der Waals surface area contributed by atoms with Crippen molar-refractivity contribution in [3.05, 3.63) is 57.9 Å². The third kappa shape index (κ3) is 9.11. The number of para-hydroxylation sites is 1. The summed E-state index contributed by atoms with van der Waals surface area (Å²) in [6.07, 6.45) is 10.5. The van der Waals surface area contributed by atoms with Gasteiger partial charge in [0.1, 0.15) is 9.33 Å². The van der Waals surface area contributed by atoms with Gasteiger partial charge in [-0.2, -0.15) is 0 Å². The highest BCUT2D eigenvalue weighted by Gasteiger charge is 2.31. The molecule has 4 aromatic rings. The molecule has 1 saturated heterocycles. The minimum absolute atomic E-state index is 0.0902. The Hall–Kier alpha value is -3.04. The molecule has 246 valence electrons. The molecule has 6 rings (SSSR count). The third-order valence-electron chi connectivity index (χ3n) is 7.80. The predicted octanol–water partition coefficient (Wildman–Crippen LogP) is 8.56. The number of hydrogen-bond acceptors (Lipinski definition) is 12. The molecule has 3 heterocycles. The maximum Gasteiger partial charge on any atom is 0.266 e. The number of carbonyl (C=O) groups excluding carboxylic acids is 2. The van der Waals surface area contributed by atoms with E-state index in [-0.39, 0.29) is 17.9 Å². The molecule has 0 bridgehead atoms. The van der Waals surface area contributed by atoms with E-state index in [9.17, 15) is 9.59 Å². The molecule has 0 unspecified atom stereocenters. The van der Waals surface area contributed by atoms with Crippen LogP contribution in [0.15, 0.2) is 51.7 Å². The molecule has 47 heavy (non-hydrogen) atoms. The third-order valence-corrected chi connectivity index (χ3v) is 12.4. The van der Waals surface area contributed by atoms with Gasteiger partial charge in [-0.25, -0.2) is 4.98 Å². The Kier molecular flexibility index (Phi) is 11.8. The highest BCUT2D eigenvalue weighted by atomic mass is 32.2. The van der Waals surface area contributed by atoms with Crippen LogP contribution in [0.1, 0.15) is 68.4 Å². The number of amides is 2. The molecule has 9 nitrogen and oxygen atoms in total. The molecule has 2 fully saturated rings. The van der Waals surface area contributed by atoms with Crippen molar-refractivity contribution >= 4 is 96.0 Å². The Balaban J connectivity index is 0.910. The van der Waals surface area contributed by atoms with E-state index in [4.69, 9.17) is 21.7 Å². The summed E-state index contributed by atoms with van der Waals surface area (Å²) in [5.41, 5.74) is 1.86. The van der Waals surface area contributed by atoms with E-state index < -0.39 is 0 Å². The number of thioether (sulfide) groups is 2. The van der Waals surface area contributed by atoms with Crippen LogP contribution in [-0.2, 0) is 15.3 Å². The van der Waals surface area contributed by atoms with Crippen molar-refractivity contribution in [3.8, 4) is 11.5 Å². The molecule has 2 aromatic heterocycles.